The normalized spacial score (nSPS) is 10.1. The average Bonchev–Trinajstić information content (AvgIpc) is 2.52. The molecule has 0 aliphatic carbocycles. The maximum Gasteiger partial charge on any atom is 0.258 e. The molecule has 0 aliphatic rings. The van der Waals surface area contributed by atoms with Crippen molar-refractivity contribution in [2.75, 3.05) is 13.7 Å². The van der Waals surface area contributed by atoms with Crippen molar-refractivity contribution < 1.29 is 18.7 Å². The van der Waals surface area contributed by atoms with Crippen LogP contribution in [0, 0.1) is 5.82 Å². The van der Waals surface area contributed by atoms with E-state index in [-0.39, 0.29) is 24.8 Å². The number of hydrogen-bond acceptors (Lipinski definition) is 3. The quantitative estimate of drug-likeness (QED) is 0.888. The van der Waals surface area contributed by atoms with E-state index in [1.165, 1.54) is 12.1 Å². The monoisotopic (exact) mass is 323 g/mol. The van der Waals surface area contributed by atoms with Crippen molar-refractivity contribution in [3.05, 3.63) is 58.9 Å². The highest BCUT2D eigenvalue weighted by Crippen LogP contribution is 2.22. The van der Waals surface area contributed by atoms with Gasteiger partial charge in [-0.3, -0.25) is 4.79 Å². The van der Waals surface area contributed by atoms with Gasteiger partial charge in [0.15, 0.2) is 18.2 Å². The predicted molar refractivity (Wildman–Crippen MR) is 81.7 cm³/mol. The third-order valence-electron chi connectivity index (χ3n) is 2.93. The smallest absolute Gasteiger partial charge is 0.258 e. The number of rotatable bonds is 6. The van der Waals surface area contributed by atoms with Gasteiger partial charge in [-0.1, -0.05) is 29.8 Å². The summed E-state index contributed by atoms with van der Waals surface area (Å²) in [6.07, 6.45) is 0. The second-order valence-electron chi connectivity index (χ2n) is 4.45. The molecule has 0 atom stereocenters. The molecule has 1 N–H and O–H groups in total. The van der Waals surface area contributed by atoms with Crippen molar-refractivity contribution >= 4 is 17.5 Å². The van der Waals surface area contributed by atoms with Crippen molar-refractivity contribution in [3.8, 4) is 11.5 Å². The van der Waals surface area contributed by atoms with E-state index >= 15 is 0 Å². The average molecular weight is 324 g/mol. The van der Waals surface area contributed by atoms with Crippen LogP contribution in [-0.4, -0.2) is 19.6 Å². The standard InChI is InChI=1S/C16H15ClFNO3/c1-21-12-7-6-11(13(17)8-12)9-19-16(20)10-22-15-5-3-2-4-14(15)18/h2-8H,9-10H2,1H3,(H,19,20). The van der Waals surface area contributed by atoms with Gasteiger partial charge >= 0.3 is 0 Å². The lowest BCUT2D eigenvalue weighted by Crippen LogP contribution is -2.28. The van der Waals surface area contributed by atoms with E-state index < -0.39 is 5.82 Å². The summed E-state index contributed by atoms with van der Waals surface area (Å²) in [6, 6.07) is 11.1. The van der Waals surface area contributed by atoms with Gasteiger partial charge in [-0.15, -0.1) is 0 Å². The molecule has 4 nitrogen and oxygen atoms in total. The molecular formula is C16H15ClFNO3. The maximum atomic E-state index is 13.3. The lowest BCUT2D eigenvalue weighted by molar-refractivity contribution is -0.123. The van der Waals surface area contributed by atoms with E-state index in [4.69, 9.17) is 21.1 Å². The molecule has 22 heavy (non-hydrogen) atoms. The molecule has 0 saturated heterocycles. The molecule has 0 radical (unpaired) electrons. The minimum Gasteiger partial charge on any atom is -0.497 e. The van der Waals surface area contributed by atoms with E-state index in [0.717, 1.165) is 5.56 Å². The molecule has 0 aliphatic heterocycles. The Labute approximate surface area is 132 Å². The minimum atomic E-state index is -0.506. The Morgan fingerprint density at radius 1 is 1.27 bits per heavy atom. The first-order valence-electron chi connectivity index (χ1n) is 6.56. The molecule has 2 aromatic rings. The largest absolute Gasteiger partial charge is 0.497 e. The van der Waals surface area contributed by atoms with Crippen molar-refractivity contribution in [2.45, 2.75) is 6.54 Å². The van der Waals surface area contributed by atoms with Gasteiger partial charge in [0.05, 0.1) is 7.11 Å². The van der Waals surface area contributed by atoms with E-state index in [1.54, 1.807) is 37.4 Å². The fourth-order valence-electron chi connectivity index (χ4n) is 1.75. The Hall–Kier alpha value is -2.27. The number of carbonyl (C=O) groups is 1. The zero-order chi connectivity index (χ0) is 15.9. The predicted octanol–water partition coefficient (Wildman–Crippen LogP) is 3.18. The van der Waals surface area contributed by atoms with Crippen molar-refractivity contribution in [1.82, 2.24) is 5.32 Å². The molecule has 6 heteroatoms. The van der Waals surface area contributed by atoms with Crippen LogP contribution >= 0.6 is 11.6 Å². The van der Waals surface area contributed by atoms with Crippen molar-refractivity contribution in [3.63, 3.8) is 0 Å². The number of benzene rings is 2. The Morgan fingerprint density at radius 3 is 2.73 bits per heavy atom. The summed E-state index contributed by atoms with van der Waals surface area (Å²) in [7, 11) is 1.55. The summed E-state index contributed by atoms with van der Waals surface area (Å²) in [4.78, 5) is 11.7. The van der Waals surface area contributed by atoms with Gasteiger partial charge in [0.25, 0.3) is 5.91 Å². The van der Waals surface area contributed by atoms with Crippen LogP contribution in [0.5, 0.6) is 11.5 Å². The second kappa shape index (κ2) is 7.66. The van der Waals surface area contributed by atoms with Crippen LogP contribution in [0.2, 0.25) is 5.02 Å². The third kappa shape index (κ3) is 4.36. The molecule has 0 fully saturated rings. The van der Waals surface area contributed by atoms with E-state index in [9.17, 15) is 9.18 Å². The third-order valence-corrected chi connectivity index (χ3v) is 3.28. The van der Waals surface area contributed by atoms with Crippen LogP contribution in [-0.2, 0) is 11.3 Å². The number of amides is 1. The van der Waals surface area contributed by atoms with Crippen molar-refractivity contribution in [2.24, 2.45) is 0 Å². The van der Waals surface area contributed by atoms with Crippen LogP contribution in [0.25, 0.3) is 0 Å². The highest BCUT2D eigenvalue weighted by molar-refractivity contribution is 6.31. The van der Waals surface area contributed by atoms with Gasteiger partial charge in [0.2, 0.25) is 0 Å². The first-order valence-corrected chi connectivity index (χ1v) is 6.94. The van der Waals surface area contributed by atoms with Gasteiger partial charge in [0.1, 0.15) is 5.75 Å². The van der Waals surface area contributed by atoms with E-state index in [1.807, 2.05) is 0 Å². The van der Waals surface area contributed by atoms with Crippen LogP contribution in [0.15, 0.2) is 42.5 Å². The number of ether oxygens (including phenoxy) is 2. The first-order chi connectivity index (χ1) is 10.6. The molecule has 116 valence electrons. The number of halogens is 2. The number of carbonyl (C=O) groups excluding carboxylic acids is 1. The van der Waals surface area contributed by atoms with Gasteiger partial charge in [0, 0.05) is 11.6 Å². The van der Waals surface area contributed by atoms with E-state index in [0.29, 0.717) is 10.8 Å². The molecule has 1 amide bonds. The van der Waals surface area contributed by atoms with Crippen molar-refractivity contribution in [1.29, 1.82) is 0 Å². The molecule has 0 spiro atoms. The SMILES string of the molecule is COc1ccc(CNC(=O)COc2ccccc2F)c(Cl)c1. The Balaban J connectivity index is 1.84. The van der Waals surface area contributed by atoms with Crippen LogP contribution < -0.4 is 14.8 Å². The number of para-hydroxylation sites is 1. The van der Waals surface area contributed by atoms with E-state index in [2.05, 4.69) is 5.32 Å². The molecule has 2 aromatic carbocycles. The highest BCUT2D eigenvalue weighted by Gasteiger charge is 2.08. The van der Waals surface area contributed by atoms with Gasteiger partial charge in [-0.05, 0) is 29.8 Å². The van der Waals surface area contributed by atoms with Gasteiger partial charge < -0.3 is 14.8 Å². The molecule has 0 aromatic heterocycles. The molecule has 0 bridgehead atoms. The minimum absolute atomic E-state index is 0.0418. The summed E-state index contributed by atoms with van der Waals surface area (Å²) in [5.41, 5.74) is 0.752. The lowest BCUT2D eigenvalue weighted by atomic mass is 10.2. The topological polar surface area (TPSA) is 47.6 Å². The van der Waals surface area contributed by atoms with Crippen LogP contribution in [0.1, 0.15) is 5.56 Å². The summed E-state index contributed by atoms with van der Waals surface area (Å²) in [6.45, 7) is -0.0169. The Kier molecular flexibility index (Phi) is 5.61. The number of nitrogens with one attached hydrogen (secondary N) is 1. The Bertz CT molecular complexity index is 664. The fraction of sp³-hybridized carbons (Fsp3) is 0.188. The van der Waals surface area contributed by atoms with Crippen LogP contribution in [0.3, 0.4) is 0 Å². The number of hydrogen-bond donors (Lipinski definition) is 1. The molecule has 0 heterocycles. The fourth-order valence-corrected chi connectivity index (χ4v) is 1.99. The molecular weight excluding hydrogens is 309 g/mol. The Morgan fingerprint density at radius 2 is 2.05 bits per heavy atom. The first kappa shape index (κ1) is 16.1. The highest BCUT2D eigenvalue weighted by atomic mass is 35.5. The zero-order valence-electron chi connectivity index (χ0n) is 11.9. The summed E-state index contributed by atoms with van der Waals surface area (Å²) in [5, 5.41) is 3.15. The summed E-state index contributed by atoms with van der Waals surface area (Å²) < 4.78 is 23.5. The molecule has 0 unspecified atom stereocenters. The van der Waals surface area contributed by atoms with Crippen LogP contribution in [0.4, 0.5) is 4.39 Å². The molecule has 2 rings (SSSR count). The van der Waals surface area contributed by atoms with Gasteiger partial charge in [-0.2, -0.15) is 0 Å². The second-order valence-corrected chi connectivity index (χ2v) is 4.86. The summed E-state index contributed by atoms with van der Waals surface area (Å²) >= 11 is 6.07. The molecule has 0 saturated carbocycles. The zero-order valence-corrected chi connectivity index (χ0v) is 12.7. The summed E-state index contributed by atoms with van der Waals surface area (Å²) in [5.74, 6) is -0.188. The number of methoxy groups -OCH3 is 1. The van der Waals surface area contributed by atoms with Gasteiger partial charge in [-0.25, -0.2) is 4.39 Å². The maximum absolute atomic E-state index is 13.3. The lowest BCUT2D eigenvalue weighted by Gasteiger charge is -2.10.